The number of carboxylic acids is 1. The number of benzene rings is 1. The molecular formula is C17H16N2O4S. The van der Waals surface area contributed by atoms with Crippen molar-refractivity contribution in [2.24, 2.45) is 0 Å². The first kappa shape index (κ1) is 16.3. The standard InChI is InChI=1S/C17H16N2O4S/c20-16(21)14-11-24-15(13-7-4-8-18-9-13)19(14)17(22)23-10-12-5-2-1-3-6-12/h1-9,14-15H,10-11H2,(H,20,21)/t14-,15-/m0/s1. The van der Waals surface area contributed by atoms with E-state index in [1.807, 2.05) is 36.4 Å². The summed E-state index contributed by atoms with van der Waals surface area (Å²) in [5.74, 6) is -0.722. The van der Waals surface area contributed by atoms with Gasteiger partial charge in [0.2, 0.25) is 0 Å². The number of nitrogens with zero attached hydrogens (tertiary/aromatic N) is 2. The molecule has 0 unspecified atom stereocenters. The van der Waals surface area contributed by atoms with Crippen LogP contribution in [0.4, 0.5) is 4.79 Å². The molecule has 6 nitrogen and oxygen atoms in total. The fourth-order valence-corrected chi connectivity index (χ4v) is 3.89. The number of carbonyl (C=O) groups excluding carboxylic acids is 1. The summed E-state index contributed by atoms with van der Waals surface area (Å²) >= 11 is 1.39. The van der Waals surface area contributed by atoms with Gasteiger partial charge >= 0.3 is 12.1 Å². The van der Waals surface area contributed by atoms with Crippen molar-refractivity contribution in [2.45, 2.75) is 18.0 Å². The molecule has 0 bridgehead atoms. The van der Waals surface area contributed by atoms with Crippen molar-refractivity contribution < 1.29 is 19.4 Å². The van der Waals surface area contributed by atoms with E-state index in [0.29, 0.717) is 5.75 Å². The number of rotatable bonds is 4. The second-order valence-electron chi connectivity index (χ2n) is 5.27. The zero-order valence-electron chi connectivity index (χ0n) is 12.7. The van der Waals surface area contributed by atoms with E-state index < -0.39 is 23.5 Å². The molecule has 2 atom stereocenters. The minimum absolute atomic E-state index is 0.104. The third-order valence-electron chi connectivity index (χ3n) is 3.67. The van der Waals surface area contributed by atoms with E-state index in [4.69, 9.17) is 4.74 Å². The Kier molecular flexibility index (Phi) is 5.00. The zero-order chi connectivity index (χ0) is 16.9. The molecule has 1 aliphatic rings. The fraction of sp³-hybridized carbons (Fsp3) is 0.235. The Balaban J connectivity index is 1.77. The molecule has 0 saturated carbocycles. The van der Waals surface area contributed by atoms with Crippen LogP contribution >= 0.6 is 11.8 Å². The van der Waals surface area contributed by atoms with Gasteiger partial charge in [0.15, 0.2) is 0 Å². The summed E-state index contributed by atoms with van der Waals surface area (Å²) in [4.78, 5) is 29.3. The van der Waals surface area contributed by atoms with E-state index in [1.165, 1.54) is 16.7 Å². The quantitative estimate of drug-likeness (QED) is 0.919. The molecule has 24 heavy (non-hydrogen) atoms. The summed E-state index contributed by atoms with van der Waals surface area (Å²) < 4.78 is 5.33. The van der Waals surface area contributed by atoms with Crippen LogP contribution in [0.25, 0.3) is 0 Å². The van der Waals surface area contributed by atoms with Gasteiger partial charge in [0.25, 0.3) is 0 Å². The summed E-state index contributed by atoms with van der Waals surface area (Å²) in [6.45, 7) is 0.104. The first-order valence-electron chi connectivity index (χ1n) is 7.40. The number of hydrogen-bond acceptors (Lipinski definition) is 5. The monoisotopic (exact) mass is 344 g/mol. The number of carboxylic acid groups (broad SMARTS) is 1. The number of carbonyl (C=O) groups is 2. The maximum absolute atomic E-state index is 12.5. The molecule has 1 amide bonds. The highest BCUT2D eigenvalue weighted by atomic mass is 32.2. The van der Waals surface area contributed by atoms with Gasteiger partial charge in [-0.05, 0) is 11.6 Å². The molecule has 7 heteroatoms. The number of hydrogen-bond donors (Lipinski definition) is 1. The number of pyridine rings is 1. The molecule has 1 aliphatic heterocycles. The minimum Gasteiger partial charge on any atom is -0.480 e. The third-order valence-corrected chi connectivity index (χ3v) is 4.99. The predicted octanol–water partition coefficient (Wildman–Crippen LogP) is 2.92. The largest absolute Gasteiger partial charge is 0.480 e. The van der Waals surface area contributed by atoms with Crippen LogP contribution in [-0.2, 0) is 16.1 Å². The smallest absolute Gasteiger partial charge is 0.412 e. The molecule has 1 saturated heterocycles. The van der Waals surface area contributed by atoms with Crippen molar-refractivity contribution >= 4 is 23.8 Å². The van der Waals surface area contributed by atoms with Crippen LogP contribution in [0.3, 0.4) is 0 Å². The molecule has 1 N–H and O–H groups in total. The lowest BCUT2D eigenvalue weighted by Gasteiger charge is -2.26. The Bertz CT molecular complexity index is 711. The van der Waals surface area contributed by atoms with Gasteiger partial charge in [-0.2, -0.15) is 0 Å². The first-order valence-corrected chi connectivity index (χ1v) is 8.45. The Morgan fingerprint density at radius 1 is 1.25 bits per heavy atom. The van der Waals surface area contributed by atoms with Crippen LogP contribution in [0.5, 0.6) is 0 Å². The molecule has 2 heterocycles. The van der Waals surface area contributed by atoms with E-state index >= 15 is 0 Å². The average Bonchev–Trinajstić information content (AvgIpc) is 3.07. The summed E-state index contributed by atoms with van der Waals surface area (Å²) in [6, 6.07) is 12.0. The molecule has 1 aromatic heterocycles. The highest BCUT2D eigenvalue weighted by Crippen LogP contribution is 2.41. The Hall–Kier alpha value is -2.54. The summed E-state index contributed by atoms with van der Waals surface area (Å²) in [7, 11) is 0. The van der Waals surface area contributed by atoms with Gasteiger partial charge in [-0.3, -0.25) is 9.88 Å². The Morgan fingerprint density at radius 3 is 2.71 bits per heavy atom. The summed E-state index contributed by atoms with van der Waals surface area (Å²) in [6.07, 6.45) is 2.64. The third kappa shape index (κ3) is 3.51. The van der Waals surface area contributed by atoms with Crippen molar-refractivity contribution in [3.63, 3.8) is 0 Å². The van der Waals surface area contributed by atoms with Gasteiger partial charge in [-0.15, -0.1) is 11.8 Å². The Morgan fingerprint density at radius 2 is 2.04 bits per heavy atom. The van der Waals surface area contributed by atoms with Crippen molar-refractivity contribution in [3.05, 3.63) is 66.0 Å². The van der Waals surface area contributed by atoms with Crippen LogP contribution in [0.1, 0.15) is 16.5 Å². The predicted molar refractivity (Wildman–Crippen MR) is 89.3 cm³/mol. The van der Waals surface area contributed by atoms with Gasteiger partial charge < -0.3 is 9.84 Å². The molecule has 3 rings (SSSR count). The number of amides is 1. The Labute approximate surface area is 143 Å². The van der Waals surface area contributed by atoms with Crippen LogP contribution in [-0.4, -0.2) is 38.8 Å². The molecule has 0 radical (unpaired) electrons. The van der Waals surface area contributed by atoms with Crippen LogP contribution in [0.15, 0.2) is 54.9 Å². The summed E-state index contributed by atoms with van der Waals surface area (Å²) in [5, 5.41) is 8.99. The van der Waals surface area contributed by atoms with Gasteiger partial charge in [-0.25, -0.2) is 9.59 Å². The minimum atomic E-state index is -1.04. The summed E-state index contributed by atoms with van der Waals surface area (Å²) in [5.41, 5.74) is 1.63. The van der Waals surface area contributed by atoms with Crippen molar-refractivity contribution in [3.8, 4) is 0 Å². The van der Waals surface area contributed by atoms with Crippen LogP contribution < -0.4 is 0 Å². The van der Waals surface area contributed by atoms with E-state index in [-0.39, 0.29) is 6.61 Å². The maximum Gasteiger partial charge on any atom is 0.412 e. The first-order chi connectivity index (χ1) is 11.7. The van der Waals surface area contributed by atoms with E-state index in [2.05, 4.69) is 4.98 Å². The number of thioether (sulfide) groups is 1. The highest BCUT2D eigenvalue weighted by molar-refractivity contribution is 7.99. The lowest BCUT2D eigenvalue weighted by Crippen LogP contribution is -2.43. The fourth-order valence-electron chi connectivity index (χ4n) is 2.49. The van der Waals surface area contributed by atoms with Crippen molar-refractivity contribution in [2.75, 3.05) is 5.75 Å². The highest BCUT2D eigenvalue weighted by Gasteiger charge is 2.43. The maximum atomic E-state index is 12.5. The number of aliphatic carboxylic acids is 1. The van der Waals surface area contributed by atoms with E-state index in [0.717, 1.165) is 11.1 Å². The van der Waals surface area contributed by atoms with Gasteiger partial charge in [0.1, 0.15) is 18.0 Å². The van der Waals surface area contributed by atoms with Gasteiger partial charge in [-0.1, -0.05) is 36.4 Å². The normalized spacial score (nSPS) is 19.9. The lowest BCUT2D eigenvalue weighted by atomic mass is 10.2. The average molecular weight is 344 g/mol. The van der Waals surface area contributed by atoms with E-state index in [1.54, 1.807) is 18.5 Å². The molecule has 0 spiro atoms. The molecule has 1 aromatic carbocycles. The van der Waals surface area contributed by atoms with Crippen molar-refractivity contribution in [1.82, 2.24) is 9.88 Å². The van der Waals surface area contributed by atoms with Crippen LogP contribution in [0, 0.1) is 0 Å². The molecule has 1 fully saturated rings. The number of aromatic nitrogens is 1. The SMILES string of the molecule is O=C(O)[C@@H]1CS[C@@H](c2cccnc2)N1C(=O)OCc1ccccc1. The second kappa shape index (κ2) is 7.35. The second-order valence-corrected chi connectivity index (χ2v) is 6.39. The molecule has 2 aromatic rings. The van der Waals surface area contributed by atoms with Crippen molar-refractivity contribution in [1.29, 1.82) is 0 Å². The lowest BCUT2D eigenvalue weighted by molar-refractivity contribution is -0.141. The molecule has 124 valence electrons. The number of ether oxygens (including phenoxy) is 1. The van der Waals surface area contributed by atoms with Crippen LogP contribution in [0.2, 0.25) is 0 Å². The molecular weight excluding hydrogens is 328 g/mol. The van der Waals surface area contributed by atoms with E-state index in [9.17, 15) is 14.7 Å². The zero-order valence-corrected chi connectivity index (χ0v) is 13.6. The van der Waals surface area contributed by atoms with Gasteiger partial charge in [0, 0.05) is 23.7 Å². The topological polar surface area (TPSA) is 79.7 Å². The molecule has 0 aliphatic carbocycles. The van der Waals surface area contributed by atoms with Gasteiger partial charge in [0.05, 0.1) is 0 Å².